The van der Waals surface area contributed by atoms with Gasteiger partial charge < -0.3 is 5.32 Å². The molecule has 2 heterocycles. The van der Waals surface area contributed by atoms with Crippen molar-refractivity contribution in [2.75, 3.05) is 11.9 Å². The number of thioether (sulfide) groups is 1. The lowest BCUT2D eigenvalue weighted by Crippen LogP contribution is -2.44. The Bertz CT molecular complexity index is 1470. The Kier molecular flexibility index (Phi) is 8.21. The SMILES string of the molecule is NS(=O)(=O)c1ccc(NC(=O)CCN2C(=O)C[C@@H](N3C(=O)/C(=C/C=C/c4ccccc4)SC3=S)C2=O)cc1. The van der Waals surface area contributed by atoms with E-state index in [4.69, 9.17) is 17.4 Å². The third-order valence-electron chi connectivity index (χ3n) is 5.72. The van der Waals surface area contributed by atoms with Crippen molar-refractivity contribution in [3.05, 3.63) is 77.2 Å². The van der Waals surface area contributed by atoms with Crippen molar-refractivity contribution in [1.29, 1.82) is 0 Å². The van der Waals surface area contributed by atoms with E-state index < -0.39 is 39.7 Å². The van der Waals surface area contributed by atoms with Crippen LogP contribution in [0.1, 0.15) is 18.4 Å². The maximum absolute atomic E-state index is 13.0. The summed E-state index contributed by atoms with van der Waals surface area (Å²) in [5.41, 5.74) is 1.28. The number of thiocarbonyl (C=S) groups is 1. The van der Waals surface area contributed by atoms with Gasteiger partial charge in [0.1, 0.15) is 10.4 Å². The average Bonchev–Trinajstić information content (AvgIpc) is 3.31. The average molecular weight is 571 g/mol. The number of nitrogens with one attached hydrogen (secondary N) is 1. The molecule has 196 valence electrons. The quantitative estimate of drug-likeness (QED) is 0.279. The molecule has 2 aromatic rings. The van der Waals surface area contributed by atoms with Gasteiger partial charge in [-0.15, -0.1) is 0 Å². The predicted octanol–water partition coefficient (Wildman–Crippen LogP) is 2.25. The van der Waals surface area contributed by atoms with Crippen LogP contribution in [0.4, 0.5) is 5.69 Å². The second-order valence-electron chi connectivity index (χ2n) is 8.31. The van der Waals surface area contributed by atoms with Gasteiger partial charge in [0.15, 0.2) is 0 Å². The standard InChI is InChI=1S/C25H22N4O6S3/c26-38(34,35)18-11-9-17(10-12-18)27-21(30)13-14-28-22(31)15-19(23(28)32)29-24(33)20(37-25(29)36)8-4-7-16-5-2-1-3-6-16/h1-12,19H,13-15H2,(H,27,30)(H2,26,34,35)/b7-4+,20-8-/t19-/m1/s1. The third kappa shape index (κ3) is 6.25. The van der Waals surface area contributed by atoms with Crippen LogP contribution in [-0.4, -0.2) is 58.8 Å². The van der Waals surface area contributed by atoms with E-state index in [-0.39, 0.29) is 28.6 Å². The molecular weight excluding hydrogens is 548 g/mol. The zero-order chi connectivity index (χ0) is 27.4. The van der Waals surface area contributed by atoms with Crippen molar-refractivity contribution in [3.8, 4) is 0 Å². The first-order chi connectivity index (χ1) is 18.0. The molecule has 0 aromatic heterocycles. The number of carbonyl (C=O) groups is 4. The number of carbonyl (C=O) groups excluding carboxylic acids is 4. The van der Waals surface area contributed by atoms with Crippen molar-refractivity contribution >= 4 is 73.7 Å². The van der Waals surface area contributed by atoms with Gasteiger partial charge in [-0.3, -0.25) is 29.0 Å². The Balaban J connectivity index is 1.35. The second-order valence-corrected chi connectivity index (χ2v) is 11.6. The highest BCUT2D eigenvalue weighted by Crippen LogP contribution is 2.35. The number of benzene rings is 2. The Morgan fingerprint density at radius 3 is 2.45 bits per heavy atom. The molecule has 0 saturated carbocycles. The van der Waals surface area contributed by atoms with Crippen LogP contribution in [0, 0.1) is 0 Å². The van der Waals surface area contributed by atoms with E-state index in [1.54, 1.807) is 12.2 Å². The summed E-state index contributed by atoms with van der Waals surface area (Å²) >= 11 is 6.38. The van der Waals surface area contributed by atoms with Crippen LogP contribution in [0.5, 0.6) is 0 Å². The van der Waals surface area contributed by atoms with Crippen molar-refractivity contribution in [1.82, 2.24) is 9.80 Å². The molecule has 1 atom stereocenters. The molecule has 0 bridgehead atoms. The summed E-state index contributed by atoms with van der Waals surface area (Å²) in [5, 5.41) is 7.62. The van der Waals surface area contributed by atoms with Crippen LogP contribution in [0.25, 0.3) is 6.08 Å². The Labute approximate surface area is 228 Å². The van der Waals surface area contributed by atoms with Gasteiger partial charge in [-0.05, 0) is 35.9 Å². The van der Waals surface area contributed by atoms with E-state index >= 15 is 0 Å². The molecule has 3 N–H and O–H groups in total. The van der Waals surface area contributed by atoms with Crippen LogP contribution in [-0.2, 0) is 29.2 Å². The highest BCUT2D eigenvalue weighted by molar-refractivity contribution is 8.26. The zero-order valence-electron chi connectivity index (χ0n) is 19.8. The lowest BCUT2D eigenvalue weighted by Gasteiger charge is -2.21. The fraction of sp³-hybridized carbons (Fsp3) is 0.160. The van der Waals surface area contributed by atoms with E-state index in [0.29, 0.717) is 10.6 Å². The Morgan fingerprint density at radius 1 is 1.11 bits per heavy atom. The fourth-order valence-corrected chi connectivity index (χ4v) is 5.66. The number of likely N-dealkylation sites (tertiary alicyclic amines) is 1. The van der Waals surface area contributed by atoms with E-state index in [1.807, 2.05) is 36.4 Å². The molecule has 13 heteroatoms. The monoisotopic (exact) mass is 570 g/mol. The molecule has 4 rings (SSSR count). The third-order valence-corrected chi connectivity index (χ3v) is 8.00. The highest BCUT2D eigenvalue weighted by Gasteiger charge is 2.48. The molecule has 38 heavy (non-hydrogen) atoms. The molecule has 0 aliphatic carbocycles. The lowest BCUT2D eigenvalue weighted by atomic mass is 10.2. The largest absolute Gasteiger partial charge is 0.326 e. The predicted molar refractivity (Wildman–Crippen MR) is 147 cm³/mol. The summed E-state index contributed by atoms with van der Waals surface area (Å²) < 4.78 is 22.9. The van der Waals surface area contributed by atoms with Crippen molar-refractivity contribution < 1.29 is 27.6 Å². The van der Waals surface area contributed by atoms with Crippen molar-refractivity contribution in [2.45, 2.75) is 23.8 Å². The van der Waals surface area contributed by atoms with Gasteiger partial charge in [-0.2, -0.15) is 0 Å². The fourth-order valence-electron chi connectivity index (χ4n) is 3.84. The number of nitrogens with zero attached hydrogens (tertiary/aromatic N) is 2. The number of sulfonamides is 1. The van der Waals surface area contributed by atoms with E-state index in [1.165, 1.54) is 24.3 Å². The number of anilines is 1. The first-order valence-corrected chi connectivity index (χ1v) is 14.1. The minimum Gasteiger partial charge on any atom is -0.326 e. The summed E-state index contributed by atoms with van der Waals surface area (Å²) in [6, 6.07) is 13.7. The van der Waals surface area contributed by atoms with Crippen LogP contribution in [0.15, 0.2) is 76.5 Å². The summed E-state index contributed by atoms with van der Waals surface area (Å²) in [6.07, 6.45) is 4.75. The number of hydrogen-bond donors (Lipinski definition) is 2. The Morgan fingerprint density at radius 2 is 1.79 bits per heavy atom. The number of imide groups is 1. The van der Waals surface area contributed by atoms with Gasteiger partial charge in [-0.1, -0.05) is 66.5 Å². The minimum absolute atomic E-state index is 0.104. The van der Waals surface area contributed by atoms with Crippen molar-refractivity contribution in [2.24, 2.45) is 5.14 Å². The molecule has 0 spiro atoms. The zero-order valence-corrected chi connectivity index (χ0v) is 22.2. The summed E-state index contributed by atoms with van der Waals surface area (Å²) in [4.78, 5) is 53.3. The topological polar surface area (TPSA) is 147 Å². The molecule has 2 aromatic carbocycles. The molecular formula is C25H22N4O6S3. The van der Waals surface area contributed by atoms with Gasteiger partial charge in [0.2, 0.25) is 21.8 Å². The molecule has 2 fully saturated rings. The maximum atomic E-state index is 13.0. The summed E-state index contributed by atoms with van der Waals surface area (Å²) in [7, 11) is -3.86. The van der Waals surface area contributed by atoms with Crippen LogP contribution < -0.4 is 10.5 Å². The number of nitrogens with two attached hydrogens (primary N) is 1. The van der Waals surface area contributed by atoms with E-state index in [9.17, 15) is 27.6 Å². The van der Waals surface area contributed by atoms with Crippen LogP contribution >= 0.6 is 24.0 Å². The number of amides is 4. The molecule has 0 radical (unpaired) electrons. The van der Waals surface area contributed by atoms with Gasteiger partial charge in [-0.25, -0.2) is 13.6 Å². The molecule has 10 nitrogen and oxygen atoms in total. The van der Waals surface area contributed by atoms with E-state index in [0.717, 1.165) is 27.1 Å². The minimum atomic E-state index is -3.86. The summed E-state index contributed by atoms with van der Waals surface area (Å²) in [6.45, 7) is -0.181. The Hall–Kier alpha value is -3.65. The highest BCUT2D eigenvalue weighted by atomic mass is 32.2. The van der Waals surface area contributed by atoms with E-state index in [2.05, 4.69) is 5.32 Å². The number of allylic oxidation sites excluding steroid dienone is 2. The number of rotatable bonds is 8. The number of primary sulfonamides is 1. The normalized spacial score (nSPS) is 19.3. The molecule has 2 saturated heterocycles. The molecule has 2 aliphatic heterocycles. The first-order valence-electron chi connectivity index (χ1n) is 11.3. The smallest absolute Gasteiger partial charge is 0.266 e. The molecule has 0 unspecified atom stereocenters. The van der Waals surface area contributed by atoms with Crippen LogP contribution in [0.2, 0.25) is 0 Å². The maximum Gasteiger partial charge on any atom is 0.266 e. The summed E-state index contributed by atoms with van der Waals surface area (Å²) in [5.74, 6) is -2.05. The van der Waals surface area contributed by atoms with Crippen LogP contribution in [0.3, 0.4) is 0 Å². The second kappa shape index (κ2) is 11.4. The number of hydrogen-bond acceptors (Lipinski definition) is 8. The van der Waals surface area contributed by atoms with Gasteiger partial charge in [0.25, 0.3) is 11.8 Å². The van der Waals surface area contributed by atoms with Gasteiger partial charge in [0.05, 0.1) is 16.2 Å². The van der Waals surface area contributed by atoms with Crippen molar-refractivity contribution in [3.63, 3.8) is 0 Å². The lowest BCUT2D eigenvalue weighted by molar-refractivity contribution is -0.141. The molecule has 4 amide bonds. The van der Waals surface area contributed by atoms with Gasteiger partial charge in [0, 0.05) is 18.7 Å². The first kappa shape index (κ1) is 27.4. The van der Waals surface area contributed by atoms with Gasteiger partial charge >= 0.3 is 0 Å². The molecule has 2 aliphatic rings.